The van der Waals surface area contributed by atoms with Crippen LogP contribution < -0.4 is 4.74 Å². The van der Waals surface area contributed by atoms with Gasteiger partial charge >= 0.3 is 0 Å². The maximum absolute atomic E-state index is 13.0. The molecule has 2 aliphatic heterocycles. The number of hydrogen-bond acceptors (Lipinski definition) is 3. The lowest BCUT2D eigenvalue weighted by Gasteiger charge is -2.36. The van der Waals surface area contributed by atoms with Crippen molar-refractivity contribution in [3.05, 3.63) is 29.8 Å². The number of hydrogen-bond donors (Lipinski definition) is 0. The highest BCUT2D eigenvalue weighted by atomic mass is 16.5. The van der Waals surface area contributed by atoms with Gasteiger partial charge in [0, 0.05) is 37.7 Å². The van der Waals surface area contributed by atoms with Crippen molar-refractivity contribution in [3.63, 3.8) is 0 Å². The van der Waals surface area contributed by atoms with Gasteiger partial charge in [0.1, 0.15) is 5.75 Å². The smallest absolute Gasteiger partial charge is 0.228 e. The highest BCUT2D eigenvalue weighted by Gasteiger charge is 2.38. The van der Waals surface area contributed by atoms with Crippen LogP contribution in [0.2, 0.25) is 0 Å². The Morgan fingerprint density at radius 2 is 2.08 bits per heavy atom. The molecule has 2 atom stereocenters. The van der Waals surface area contributed by atoms with Crippen molar-refractivity contribution >= 4 is 11.8 Å². The molecule has 25 heavy (non-hydrogen) atoms. The maximum atomic E-state index is 13.0. The summed E-state index contributed by atoms with van der Waals surface area (Å²) in [6, 6.07) is 8.08. The minimum atomic E-state index is -0.200. The Morgan fingerprint density at radius 1 is 1.28 bits per heavy atom. The number of likely N-dealkylation sites (tertiary alicyclic amines) is 2. The van der Waals surface area contributed by atoms with Gasteiger partial charge in [0.25, 0.3) is 0 Å². The average molecular weight is 344 g/mol. The second-order valence-electron chi connectivity index (χ2n) is 7.08. The van der Waals surface area contributed by atoms with Crippen LogP contribution in [0.15, 0.2) is 24.3 Å². The Hall–Kier alpha value is -2.04. The van der Waals surface area contributed by atoms with Gasteiger partial charge in [-0.25, -0.2) is 0 Å². The molecule has 2 saturated heterocycles. The van der Waals surface area contributed by atoms with Crippen LogP contribution in [0, 0.1) is 5.92 Å². The number of amides is 2. The van der Waals surface area contributed by atoms with Gasteiger partial charge in [0.15, 0.2) is 0 Å². The third-order valence-electron chi connectivity index (χ3n) is 5.50. The number of methoxy groups -OCH3 is 1. The van der Waals surface area contributed by atoms with Gasteiger partial charge in [-0.15, -0.1) is 0 Å². The monoisotopic (exact) mass is 344 g/mol. The highest BCUT2D eigenvalue weighted by molar-refractivity contribution is 5.89. The number of benzene rings is 1. The lowest BCUT2D eigenvalue weighted by atomic mass is 9.97. The molecule has 0 aromatic heterocycles. The first-order chi connectivity index (χ1) is 12.1. The van der Waals surface area contributed by atoms with Crippen molar-refractivity contribution in [3.8, 4) is 5.75 Å². The standard InChI is InChI=1S/C20H28N2O3/c1-3-17-9-6-7-11-22(17)20(24)16-12-19(23)21(14-16)13-15-8-4-5-10-18(15)25-2/h4-5,8,10,16-17H,3,6-7,9,11-14H2,1-2H3. The fourth-order valence-electron chi connectivity index (χ4n) is 4.08. The predicted molar refractivity (Wildman–Crippen MR) is 96.2 cm³/mol. The van der Waals surface area contributed by atoms with Crippen molar-refractivity contribution in [2.45, 2.75) is 51.6 Å². The molecule has 2 heterocycles. The molecular formula is C20H28N2O3. The lowest BCUT2D eigenvalue weighted by molar-refractivity contribution is -0.139. The Morgan fingerprint density at radius 3 is 2.84 bits per heavy atom. The van der Waals surface area contributed by atoms with Crippen LogP contribution in [-0.4, -0.2) is 47.9 Å². The normalized spacial score (nSPS) is 23.8. The van der Waals surface area contributed by atoms with Gasteiger partial charge < -0.3 is 14.5 Å². The van der Waals surface area contributed by atoms with E-state index in [1.807, 2.05) is 29.2 Å². The predicted octanol–water partition coefficient (Wildman–Crippen LogP) is 2.83. The summed E-state index contributed by atoms with van der Waals surface area (Å²) in [4.78, 5) is 29.2. The number of rotatable bonds is 5. The van der Waals surface area contributed by atoms with Gasteiger partial charge in [-0.3, -0.25) is 9.59 Å². The Labute approximate surface area is 149 Å². The van der Waals surface area contributed by atoms with Crippen LogP contribution in [0.4, 0.5) is 0 Å². The number of para-hydroxylation sites is 1. The van der Waals surface area contributed by atoms with E-state index in [9.17, 15) is 9.59 Å². The van der Waals surface area contributed by atoms with Crippen molar-refractivity contribution in [2.24, 2.45) is 5.92 Å². The maximum Gasteiger partial charge on any atom is 0.228 e. The molecule has 0 spiro atoms. The summed E-state index contributed by atoms with van der Waals surface area (Å²) in [5.41, 5.74) is 0.982. The van der Waals surface area contributed by atoms with E-state index >= 15 is 0 Å². The first-order valence-corrected chi connectivity index (χ1v) is 9.34. The Kier molecular flexibility index (Phi) is 5.61. The van der Waals surface area contributed by atoms with E-state index in [0.29, 0.717) is 25.6 Å². The molecule has 0 saturated carbocycles. The number of carbonyl (C=O) groups excluding carboxylic acids is 2. The summed E-state index contributed by atoms with van der Waals surface area (Å²) in [5, 5.41) is 0. The second kappa shape index (κ2) is 7.89. The van der Waals surface area contributed by atoms with Crippen LogP contribution in [-0.2, 0) is 16.1 Å². The van der Waals surface area contributed by atoms with Crippen LogP contribution in [0.5, 0.6) is 5.75 Å². The van der Waals surface area contributed by atoms with Crippen molar-refractivity contribution in [1.82, 2.24) is 9.80 Å². The topological polar surface area (TPSA) is 49.9 Å². The molecule has 1 aromatic rings. The molecule has 1 aromatic carbocycles. The third-order valence-corrected chi connectivity index (χ3v) is 5.50. The molecule has 2 fully saturated rings. The third kappa shape index (κ3) is 3.80. The number of piperidine rings is 1. The van der Waals surface area contributed by atoms with Crippen molar-refractivity contribution in [1.29, 1.82) is 0 Å². The second-order valence-corrected chi connectivity index (χ2v) is 7.08. The molecule has 2 aliphatic rings. The largest absolute Gasteiger partial charge is 0.496 e. The van der Waals surface area contributed by atoms with Gasteiger partial charge in [-0.05, 0) is 31.7 Å². The van der Waals surface area contributed by atoms with E-state index in [0.717, 1.165) is 37.1 Å². The summed E-state index contributed by atoms with van der Waals surface area (Å²) >= 11 is 0. The minimum Gasteiger partial charge on any atom is -0.496 e. The van der Waals surface area contributed by atoms with E-state index < -0.39 is 0 Å². The van der Waals surface area contributed by atoms with E-state index in [4.69, 9.17) is 4.74 Å². The molecule has 3 rings (SSSR count). The Bertz CT molecular complexity index is 631. The number of carbonyl (C=O) groups is 2. The highest BCUT2D eigenvalue weighted by Crippen LogP contribution is 2.28. The molecule has 2 amide bonds. The average Bonchev–Trinajstić information content (AvgIpc) is 3.02. The first-order valence-electron chi connectivity index (χ1n) is 9.34. The number of ether oxygens (including phenoxy) is 1. The van der Waals surface area contributed by atoms with Gasteiger partial charge in [0.05, 0.1) is 13.0 Å². The summed E-state index contributed by atoms with van der Waals surface area (Å²) in [7, 11) is 1.64. The van der Waals surface area contributed by atoms with Crippen LogP contribution in [0.25, 0.3) is 0 Å². The first kappa shape index (κ1) is 17.8. The molecule has 0 radical (unpaired) electrons. The van der Waals surface area contributed by atoms with Gasteiger partial charge in [-0.2, -0.15) is 0 Å². The SMILES string of the molecule is CCC1CCCCN1C(=O)C1CC(=O)N(Cc2ccccc2OC)C1. The van der Waals surface area contributed by atoms with E-state index in [2.05, 4.69) is 6.92 Å². The van der Waals surface area contributed by atoms with Crippen molar-refractivity contribution < 1.29 is 14.3 Å². The molecule has 5 nitrogen and oxygen atoms in total. The Balaban J connectivity index is 1.66. The van der Waals surface area contributed by atoms with E-state index in [-0.39, 0.29) is 17.7 Å². The molecule has 0 N–H and O–H groups in total. The van der Waals surface area contributed by atoms with Crippen LogP contribution in [0.1, 0.15) is 44.6 Å². The van der Waals surface area contributed by atoms with Crippen molar-refractivity contribution in [2.75, 3.05) is 20.2 Å². The fraction of sp³-hybridized carbons (Fsp3) is 0.600. The molecule has 0 aliphatic carbocycles. The molecule has 0 bridgehead atoms. The summed E-state index contributed by atoms with van der Waals surface area (Å²) in [6.07, 6.45) is 4.70. The van der Waals surface area contributed by atoms with Crippen LogP contribution in [0.3, 0.4) is 0 Å². The summed E-state index contributed by atoms with van der Waals surface area (Å²) in [5.74, 6) is 0.818. The van der Waals surface area contributed by atoms with Crippen LogP contribution >= 0.6 is 0 Å². The molecule has 2 unspecified atom stereocenters. The summed E-state index contributed by atoms with van der Waals surface area (Å²) < 4.78 is 5.38. The van der Waals surface area contributed by atoms with E-state index in [1.165, 1.54) is 6.42 Å². The zero-order valence-electron chi connectivity index (χ0n) is 15.2. The number of nitrogens with zero attached hydrogens (tertiary/aromatic N) is 2. The quantitative estimate of drug-likeness (QED) is 0.825. The van der Waals surface area contributed by atoms with E-state index in [1.54, 1.807) is 12.0 Å². The summed E-state index contributed by atoms with van der Waals surface area (Å²) in [6.45, 7) is 4.01. The molecule has 136 valence electrons. The van der Waals surface area contributed by atoms with Gasteiger partial charge in [0.2, 0.25) is 11.8 Å². The molecule has 5 heteroatoms. The van der Waals surface area contributed by atoms with Gasteiger partial charge in [-0.1, -0.05) is 25.1 Å². The fourth-order valence-corrected chi connectivity index (χ4v) is 4.08. The molecular weight excluding hydrogens is 316 g/mol. The zero-order valence-corrected chi connectivity index (χ0v) is 15.2. The zero-order chi connectivity index (χ0) is 17.8. The lowest BCUT2D eigenvalue weighted by Crippen LogP contribution is -2.46. The minimum absolute atomic E-state index is 0.0642.